The number of aryl methyl sites for hydroxylation is 1. The fourth-order valence-electron chi connectivity index (χ4n) is 3.94. The monoisotopic (exact) mass is 398 g/mol. The van der Waals surface area contributed by atoms with Crippen LogP contribution in [-0.2, 0) is 7.05 Å². The highest BCUT2D eigenvalue weighted by atomic mass is 16.2. The molecule has 0 bridgehead atoms. The molecule has 0 radical (unpaired) electrons. The lowest BCUT2D eigenvalue weighted by molar-refractivity contribution is 0.0746. The summed E-state index contributed by atoms with van der Waals surface area (Å²) in [6, 6.07) is 18.0. The van der Waals surface area contributed by atoms with Crippen molar-refractivity contribution in [2.24, 2.45) is 7.05 Å². The minimum absolute atomic E-state index is 0.0727. The van der Waals surface area contributed by atoms with Crippen molar-refractivity contribution < 1.29 is 4.79 Å². The molecule has 7 nitrogen and oxygen atoms in total. The van der Waals surface area contributed by atoms with E-state index in [9.17, 15) is 4.79 Å². The Kier molecular flexibility index (Phi) is 4.63. The normalized spacial score (nSPS) is 14.3. The molecule has 2 aromatic heterocycles. The van der Waals surface area contributed by atoms with Gasteiger partial charge >= 0.3 is 0 Å². The fourth-order valence-corrected chi connectivity index (χ4v) is 3.94. The van der Waals surface area contributed by atoms with E-state index < -0.39 is 0 Å². The van der Waals surface area contributed by atoms with Gasteiger partial charge in [0.2, 0.25) is 0 Å². The average Bonchev–Trinajstić information content (AvgIpc) is 3.20. The third kappa shape index (κ3) is 3.28. The quantitative estimate of drug-likeness (QED) is 0.531. The van der Waals surface area contributed by atoms with Crippen molar-refractivity contribution in [3.63, 3.8) is 0 Å². The first-order valence-corrected chi connectivity index (χ1v) is 10.0. The number of benzene rings is 2. The molecular weight excluding hydrogens is 376 g/mol. The number of carbonyl (C=O) groups excluding carboxylic acids is 1. The van der Waals surface area contributed by atoms with Crippen LogP contribution in [0.3, 0.4) is 0 Å². The van der Waals surface area contributed by atoms with Gasteiger partial charge in [0.15, 0.2) is 5.65 Å². The van der Waals surface area contributed by atoms with Gasteiger partial charge in [-0.25, -0.2) is 9.97 Å². The van der Waals surface area contributed by atoms with Crippen LogP contribution in [0.1, 0.15) is 10.4 Å². The molecule has 30 heavy (non-hydrogen) atoms. The Hall–Kier alpha value is -3.74. The molecule has 5 rings (SSSR count). The molecule has 1 fully saturated rings. The zero-order chi connectivity index (χ0) is 20.5. The number of anilines is 1. The highest BCUT2D eigenvalue weighted by molar-refractivity contribution is 5.95. The minimum Gasteiger partial charge on any atom is -0.352 e. The lowest BCUT2D eigenvalue weighted by Crippen LogP contribution is -2.49. The van der Waals surface area contributed by atoms with E-state index in [0.29, 0.717) is 13.1 Å². The van der Waals surface area contributed by atoms with E-state index in [1.807, 2.05) is 54.4 Å². The SMILES string of the molecule is Cn1ncc2c(N3CCN(C(=O)c4ccc(-c5ccccc5)cc4)CC3)ncnc21. The van der Waals surface area contributed by atoms with E-state index in [1.54, 1.807) is 17.2 Å². The smallest absolute Gasteiger partial charge is 0.253 e. The first kappa shape index (κ1) is 18.3. The molecule has 0 N–H and O–H groups in total. The summed E-state index contributed by atoms with van der Waals surface area (Å²) in [5.74, 6) is 0.955. The average molecular weight is 398 g/mol. The van der Waals surface area contributed by atoms with Crippen LogP contribution in [0, 0.1) is 0 Å². The largest absolute Gasteiger partial charge is 0.352 e. The molecule has 7 heteroatoms. The van der Waals surface area contributed by atoms with Gasteiger partial charge in [0, 0.05) is 38.8 Å². The summed E-state index contributed by atoms with van der Waals surface area (Å²) in [5, 5.41) is 5.23. The Labute approximate surface area is 174 Å². The van der Waals surface area contributed by atoms with E-state index in [4.69, 9.17) is 0 Å². The topological polar surface area (TPSA) is 67.2 Å². The van der Waals surface area contributed by atoms with Crippen molar-refractivity contribution in [3.05, 3.63) is 72.7 Å². The number of aromatic nitrogens is 4. The molecule has 1 saturated heterocycles. The number of fused-ring (bicyclic) bond motifs is 1. The third-order valence-electron chi connectivity index (χ3n) is 5.61. The van der Waals surface area contributed by atoms with Gasteiger partial charge in [-0.2, -0.15) is 5.10 Å². The maximum atomic E-state index is 13.0. The summed E-state index contributed by atoms with van der Waals surface area (Å²) in [6.07, 6.45) is 3.38. The van der Waals surface area contributed by atoms with Gasteiger partial charge in [0.25, 0.3) is 5.91 Å². The van der Waals surface area contributed by atoms with Crippen molar-refractivity contribution >= 4 is 22.8 Å². The second-order valence-electron chi connectivity index (χ2n) is 7.43. The first-order chi connectivity index (χ1) is 14.7. The van der Waals surface area contributed by atoms with Crippen LogP contribution in [0.25, 0.3) is 22.2 Å². The zero-order valence-electron chi connectivity index (χ0n) is 16.8. The van der Waals surface area contributed by atoms with Crippen molar-refractivity contribution in [3.8, 4) is 11.1 Å². The van der Waals surface area contributed by atoms with E-state index in [0.717, 1.165) is 46.6 Å². The number of nitrogens with zero attached hydrogens (tertiary/aromatic N) is 6. The first-order valence-electron chi connectivity index (χ1n) is 10.0. The molecule has 1 aliphatic heterocycles. The molecule has 150 valence electrons. The second kappa shape index (κ2) is 7.59. The number of hydrogen-bond acceptors (Lipinski definition) is 5. The Morgan fingerprint density at radius 1 is 0.867 bits per heavy atom. The van der Waals surface area contributed by atoms with Gasteiger partial charge in [0.05, 0.1) is 11.6 Å². The highest BCUT2D eigenvalue weighted by Crippen LogP contribution is 2.24. The minimum atomic E-state index is 0.0727. The van der Waals surface area contributed by atoms with Crippen LogP contribution in [0.4, 0.5) is 5.82 Å². The molecule has 3 heterocycles. The number of carbonyl (C=O) groups is 1. The molecule has 1 amide bonds. The van der Waals surface area contributed by atoms with Gasteiger partial charge in [-0.15, -0.1) is 0 Å². The summed E-state index contributed by atoms with van der Waals surface area (Å²) < 4.78 is 1.75. The summed E-state index contributed by atoms with van der Waals surface area (Å²) in [5.41, 5.74) is 3.80. The lowest BCUT2D eigenvalue weighted by Gasteiger charge is -2.35. The molecule has 0 unspecified atom stereocenters. The third-order valence-corrected chi connectivity index (χ3v) is 5.61. The molecule has 4 aromatic rings. The second-order valence-corrected chi connectivity index (χ2v) is 7.43. The van der Waals surface area contributed by atoms with Crippen molar-refractivity contribution in [1.29, 1.82) is 0 Å². The summed E-state index contributed by atoms with van der Waals surface area (Å²) in [6.45, 7) is 2.78. The fraction of sp³-hybridized carbons (Fsp3) is 0.217. The molecule has 0 spiro atoms. The van der Waals surface area contributed by atoms with E-state index in [2.05, 4.69) is 32.1 Å². The Morgan fingerprint density at radius 3 is 2.30 bits per heavy atom. The predicted octanol–water partition coefficient (Wildman–Crippen LogP) is 2.99. The van der Waals surface area contributed by atoms with Gasteiger partial charge in [-0.05, 0) is 23.3 Å². The highest BCUT2D eigenvalue weighted by Gasteiger charge is 2.24. The van der Waals surface area contributed by atoms with Crippen LogP contribution in [-0.4, -0.2) is 56.7 Å². The molecular formula is C23H22N6O. The van der Waals surface area contributed by atoms with Crippen LogP contribution >= 0.6 is 0 Å². The van der Waals surface area contributed by atoms with Crippen LogP contribution in [0.15, 0.2) is 67.1 Å². The molecule has 1 aliphatic rings. The zero-order valence-corrected chi connectivity index (χ0v) is 16.8. The maximum absolute atomic E-state index is 13.0. The summed E-state index contributed by atoms with van der Waals surface area (Å²) in [4.78, 5) is 25.9. The van der Waals surface area contributed by atoms with E-state index in [1.165, 1.54) is 0 Å². The maximum Gasteiger partial charge on any atom is 0.253 e. The number of rotatable bonds is 3. The predicted molar refractivity (Wildman–Crippen MR) is 116 cm³/mol. The van der Waals surface area contributed by atoms with E-state index in [-0.39, 0.29) is 5.91 Å². The van der Waals surface area contributed by atoms with Crippen LogP contribution in [0.2, 0.25) is 0 Å². The van der Waals surface area contributed by atoms with Gasteiger partial charge < -0.3 is 9.80 Å². The van der Waals surface area contributed by atoms with Crippen molar-refractivity contribution in [1.82, 2.24) is 24.6 Å². The van der Waals surface area contributed by atoms with Crippen molar-refractivity contribution in [2.45, 2.75) is 0 Å². The van der Waals surface area contributed by atoms with Gasteiger partial charge in [0.1, 0.15) is 12.1 Å². The molecule has 0 saturated carbocycles. The summed E-state index contributed by atoms with van der Waals surface area (Å²) >= 11 is 0. The Balaban J connectivity index is 1.28. The van der Waals surface area contributed by atoms with Gasteiger partial charge in [-0.3, -0.25) is 9.48 Å². The summed E-state index contributed by atoms with van der Waals surface area (Å²) in [7, 11) is 1.87. The Morgan fingerprint density at radius 2 is 1.57 bits per heavy atom. The standard InChI is InChI=1S/C23H22N6O/c1-27-21-20(15-26-27)22(25-16-24-21)28-11-13-29(14-12-28)23(30)19-9-7-18(8-10-19)17-5-3-2-4-6-17/h2-10,15-16H,11-14H2,1H3. The molecule has 0 atom stereocenters. The number of amides is 1. The van der Waals surface area contributed by atoms with Crippen LogP contribution in [0.5, 0.6) is 0 Å². The molecule has 0 aliphatic carbocycles. The Bertz CT molecular complexity index is 1180. The lowest BCUT2D eigenvalue weighted by atomic mass is 10.0. The van der Waals surface area contributed by atoms with Crippen LogP contribution < -0.4 is 4.90 Å². The van der Waals surface area contributed by atoms with Crippen molar-refractivity contribution in [2.75, 3.05) is 31.1 Å². The number of hydrogen-bond donors (Lipinski definition) is 0. The van der Waals surface area contributed by atoms with Gasteiger partial charge in [-0.1, -0.05) is 42.5 Å². The molecule has 2 aromatic carbocycles. The number of piperazine rings is 1. The van der Waals surface area contributed by atoms with E-state index >= 15 is 0 Å².